The number of carboxylic acid groups (broad SMARTS) is 1. The monoisotopic (exact) mass is 1390 g/mol. The van der Waals surface area contributed by atoms with Crippen LogP contribution in [-0.4, -0.2) is 148 Å². The summed E-state index contributed by atoms with van der Waals surface area (Å²) >= 11 is 7.81. The largest absolute Gasteiger partial charge is 0.493 e. The molecule has 19 nitrogen and oxygen atoms in total. The van der Waals surface area contributed by atoms with E-state index in [1.54, 1.807) is 40.3 Å². The molecule has 2 aliphatic heterocycles. The molecular weight excluding hydrogens is 1320 g/mol. The van der Waals surface area contributed by atoms with Crippen molar-refractivity contribution in [2.45, 2.75) is 51.6 Å². The lowest BCUT2D eigenvalue weighted by Crippen LogP contribution is -2.43. The summed E-state index contributed by atoms with van der Waals surface area (Å²) in [6.45, 7) is 4.57. The summed E-state index contributed by atoms with van der Waals surface area (Å²) in [6.07, 6.45) is -7.96. The van der Waals surface area contributed by atoms with Gasteiger partial charge in [0.1, 0.15) is 12.2 Å². The number of hydrogen-bond acceptors (Lipinski definition) is 17. The standard InChI is InChI=1S/C25H24F3N3O5S.C11H9F3N2S.C10H9F3O.C10H12O5.C6H10ClNO2.CH4/c1-34-21-13-17(5-6-20(21)36-15-22(32)31-7-9-35-10-8-31)23(33)30-24-29-14-19(37-24)12-16-3-2-4-18(11-16)25(26,27)28;12-11(13,14)8-3-1-2-7(4-8)5-9-6-16-10(15)17-9;11-10(12,13)9-5-1-3-8(7-9)4-2-6-14;1-13-6-15-8-4-3-7(10(11)12)5-9(8)14-2;7-5-6(9)8-1-3-10-4-2-8;/h2-6,11,13-14H,7-10,12,15H2,1H3,(H,29,30,33);1-4,6H,5H2,(H2,15,16);1,3,5-7H,2,4H2;3-5H,6H2,1-2H3,(H,11,12);1-5H2;1H4. The van der Waals surface area contributed by atoms with Gasteiger partial charge in [-0.05, 0) is 77.7 Å². The number of nitrogens with one attached hydrogen (secondary N) is 1. The van der Waals surface area contributed by atoms with Crippen LogP contribution in [0, 0.1) is 0 Å². The van der Waals surface area contributed by atoms with E-state index in [1.165, 1.54) is 98.7 Å². The number of hydrogen-bond donors (Lipinski definition) is 3. The van der Waals surface area contributed by atoms with Crippen molar-refractivity contribution in [3.05, 3.63) is 176 Å². The van der Waals surface area contributed by atoms with E-state index in [9.17, 15) is 63.5 Å². The van der Waals surface area contributed by atoms with Gasteiger partial charge in [0.05, 0.1) is 62.9 Å². The Morgan fingerprint density at radius 1 is 0.628 bits per heavy atom. The average Bonchev–Trinajstić information content (AvgIpc) is 1.37. The van der Waals surface area contributed by atoms with Crippen molar-refractivity contribution in [3.63, 3.8) is 0 Å². The molecule has 94 heavy (non-hydrogen) atoms. The first-order chi connectivity index (χ1) is 44.2. The maximum absolute atomic E-state index is 13.0. The molecule has 5 aromatic carbocycles. The quantitative estimate of drug-likeness (QED) is 0.0295. The topological polar surface area (TPSA) is 241 Å². The molecule has 2 saturated heterocycles. The third-order valence-corrected chi connectivity index (χ3v) is 14.7. The Bertz CT molecular complexity index is 3530. The molecule has 3 amide bonds. The van der Waals surface area contributed by atoms with Crippen LogP contribution in [0.5, 0.6) is 23.0 Å². The number of ether oxygens (including phenoxy) is 7. The van der Waals surface area contributed by atoms with Crippen LogP contribution in [0.3, 0.4) is 0 Å². The molecule has 4 N–H and O–H groups in total. The number of aromatic carboxylic acids is 1. The Kier molecular flexibility index (Phi) is 32.0. The first-order valence-electron chi connectivity index (χ1n) is 27.7. The highest BCUT2D eigenvalue weighted by molar-refractivity contribution is 7.15. The van der Waals surface area contributed by atoms with E-state index in [4.69, 9.17) is 55.6 Å². The highest BCUT2D eigenvalue weighted by Crippen LogP contribution is 2.34. The van der Waals surface area contributed by atoms with Gasteiger partial charge in [0.15, 0.2) is 46.7 Å². The third-order valence-electron chi connectivity index (χ3n) is 12.8. The molecule has 0 saturated carbocycles. The number of nitrogens with zero attached hydrogens (tertiary/aromatic N) is 4. The number of morpholine rings is 2. The summed E-state index contributed by atoms with van der Waals surface area (Å²) < 4.78 is 149. The third kappa shape index (κ3) is 26.5. The highest BCUT2D eigenvalue weighted by atomic mass is 35.5. The van der Waals surface area contributed by atoms with Gasteiger partial charge >= 0.3 is 24.5 Å². The van der Waals surface area contributed by atoms with Gasteiger partial charge in [0, 0.05) is 80.3 Å². The van der Waals surface area contributed by atoms with E-state index < -0.39 is 47.1 Å². The number of alkyl halides is 10. The van der Waals surface area contributed by atoms with Crippen LogP contribution in [0.2, 0.25) is 0 Å². The van der Waals surface area contributed by atoms with Gasteiger partial charge in [-0.3, -0.25) is 19.7 Å². The number of nitrogens with two attached hydrogens (primary N) is 1. The summed E-state index contributed by atoms with van der Waals surface area (Å²) in [5.74, 6) is -0.121. The lowest BCUT2D eigenvalue weighted by Gasteiger charge is -2.26. The van der Waals surface area contributed by atoms with Gasteiger partial charge in [0.2, 0.25) is 5.91 Å². The van der Waals surface area contributed by atoms with E-state index >= 15 is 0 Å². The van der Waals surface area contributed by atoms with Crippen molar-refractivity contribution in [1.29, 1.82) is 0 Å². The molecule has 31 heteroatoms. The molecule has 7 aromatic rings. The number of carbonyl (C=O) groups excluding carboxylic acids is 4. The molecule has 510 valence electrons. The number of aryl methyl sites for hydroxylation is 1. The van der Waals surface area contributed by atoms with Crippen LogP contribution in [0.15, 0.2) is 122 Å². The van der Waals surface area contributed by atoms with Crippen LogP contribution < -0.4 is 30.0 Å². The van der Waals surface area contributed by atoms with Gasteiger partial charge < -0.3 is 58.6 Å². The first-order valence-corrected chi connectivity index (χ1v) is 29.9. The number of methoxy groups -OCH3 is 3. The molecule has 4 heterocycles. The fourth-order valence-electron chi connectivity index (χ4n) is 8.18. The van der Waals surface area contributed by atoms with Gasteiger partial charge in [-0.1, -0.05) is 62.0 Å². The molecule has 0 bridgehead atoms. The van der Waals surface area contributed by atoms with Crippen LogP contribution in [0.25, 0.3) is 0 Å². The minimum Gasteiger partial charge on any atom is -0.493 e. The van der Waals surface area contributed by atoms with Crippen molar-refractivity contribution >= 4 is 74.5 Å². The summed E-state index contributed by atoms with van der Waals surface area (Å²) in [7, 11) is 4.37. The number of aromatic nitrogens is 2. The molecule has 0 spiro atoms. The summed E-state index contributed by atoms with van der Waals surface area (Å²) in [5, 5.41) is 12.2. The number of benzene rings is 5. The minimum atomic E-state index is -4.41. The lowest BCUT2D eigenvalue weighted by atomic mass is 10.1. The number of anilines is 2. The number of rotatable bonds is 19. The second-order valence-corrected chi connectivity index (χ2v) is 21.9. The van der Waals surface area contributed by atoms with E-state index in [0.29, 0.717) is 121 Å². The van der Waals surface area contributed by atoms with E-state index in [1.807, 2.05) is 0 Å². The number of thiazole rings is 2. The zero-order valence-electron chi connectivity index (χ0n) is 50.0. The SMILES string of the molecule is C.COCOc1ccc(C(=O)O)cc1OC.COc1cc(C(=O)Nc2ncc(Cc3cccc(C(F)(F)F)c3)s2)ccc1OCC(=O)N1CCOCC1.Nc1ncc(Cc2cccc(C(F)(F)F)c2)s1.O=C(CCl)N1CCOCC1.O=CCCc1cccc(C(F)(F)F)c1. The summed E-state index contributed by atoms with van der Waals surface area (Å²) in [4.78, 5) is 69.6. The number of carboxylic acids is 1. The number of carbonyl (C=O) groups is 5. The van der Waals surface area contributed by atoms with Crippen LogP contribution in [0.1, 0.15) is 77.7 Å². The minimum absolute atomic E-state index is 0. The number of aldehydes is 1. The zero-order valence-corrected chi connectivity index (χ0v) is 52.4. The highest BCUT2D eigenvalue weighted by Gasteiger charge is 2.32. The van der Waals surface area contributed by atoms with Crippen LogP contribution >= 0.6 is 34.3 Å². The molecule has 9 rings (SSSR count). The fraction of sp³-hybridized carbons (Fsp3) is 0.349. The van der Waals surface area contributed by atoms with Gasteiger partial charge in [-0.2, -0.15) is 39.5 Å². The number of nitrogen functional groups attached to an aromatic ring is 1. The maximum atomic E-state index is 13.0. The normalized spacial score (nSPS) is 12.8. The Hall–Kier alpha value is -8.55. The average molecular weight is 1390 g/mol. The van der Waals surface area contributed by atoms with Crippen molar-refractivity contribution < 1.29 is 102 Å². The van der Waals surface area contributed by atoms with Gasteiger partial charge in [0.25, 0.3) is 11.8 Å². The predicted octanol–water partition coefficient (Wildman–Crippen LogP) is 12.5. The van der Waals surface area contributed by atoms with Crippen molar-refractivity contribution in [3.8, 4) is 23.0 Å². The predicted molar refractivity (Wildman–Crippen MR) is 334 cm³/mol. The molecule has 2 aromatic heterocycles. The molecule has 0 aliphatic carbocycles. The molecule has 0 atom stereocenters. The van der Waals surface area contributed by atoms with Gasteiger partial charge in [-0.15, -0.1) is 34.3 Å². The molecule has 2 aliphatic rings. The van der Waals surface area contributed by atoms with Crippen molar-refractivity contribution in [2.24, 2.45) is 0 Å². The summed E-state index contributed by atoms with van der Waals surface area (Å²) in [5.41, 5.74) is 5.50. The fourth-order valence-corrected chi connectivity index (χ4v) is 9.91. The summed E-state index contributed by atoms with van der Waals surface area (Å²) in [6, 6.07) is 24.3. The Balaban J connectivity index is 0.000000275. The lowest BCUT2D eigenvalue weighted by molar-refractivity contribution is -0.138. The Labute approximate surface area is 548 Å². The maximum Gasteiger partial charge on any atom is 0.416 e. The van der Waals surface area contributed by atoms with Gasteiger partial charge in [-0.25, -0.2) is 14.8 Å². The molecule has 2 fully saturated rings. The van der Waals surface area contributed by atoms with Crippen LogP contribution in [0.4, 0.5) is 49.8 Å². The van der Waals surface area contributed by atoms with E-state index in [2.05, 4.69) is 15.3 Å². The van der Waals surface area contributed by atoms with Crippen molar-refractivity contribution in [2.75, 3.05) is 104 Å². The zero-order chi connectivity index (χ0) is 68.1. The Morgan fingerprint density at radius 2 is 1.09 bits per heavy atom. The van der Waals surface area contributed by atoms with E-state index in [0.717, 1.165) is 41.3 Å². The van der Waals surface area contributed by atoms with Crippen LogP contribution in [-0.2, 0) is 66.4 Å². The molecule has 0 unspecified atom stereocenters. The first kappa shape index (κ1) is 77.9. The van der Waals surface area contributed by atoms with Crippen molar-refractivity contribution in [1.82, 2.24) is 19.8 Å². The molecular formula is C63H68ClF9N6O13S2. The number of amides is 3. The second kappa shape index (κ2) is 38.6. The number of halogens is 10. The molecule has 0 radical (unpaired) electrons. The second-order valence-electron chi connectivity index (χ2n) is 19.4. The smallest absolute Gasteiger partial charge is 0.416 e. The van der Waals surface area contributed by atoms with E-state index in [-0.39, 0.29) is 68.2 Å². The Morgan fingerprint density at radius 3 is 1.54 bits per heavy atom.